The molecule has 1 saturated heterocycles. The predicted octanol–water partition coefficient (Wildman–Crippen LogP) is 5.02. The molecule has 5 heterocycles. The van der Waals surface area contributed by atoms with Crippen LogP contribution in [0.3, 0.4) is 0 Å². The first-order valence-corrected chi connectivity index (χ1v) is 11.9. The molecule has 1 fully saturated rings. The number of halogens is 3. The Hall–Kier alpha value is -3.67. The van der Waals surface area contributed by atoms with Gasteiger partial charge in [-0.1, -0.05) is 0 Å². The zero-order chi connectivity index (χ0) is 26.7. The van der Waals surface area contributed by atoms with Gasteiger partial charge in [-0.2, -0.15) is 18.3 Å². The number of carboxylic acids is 1. The molecule has 4 aromatic rings. The molecular weight excluding hydrogens is 489 g/mol. The second kappa shape index (κ2) is 10.8. The van der Waals surface area contributed by atoms with Gasteiger partial charge in [0.25, 0.3) is 0 Å². The summed E-state index contributed by atoms with van der Waals surface area (Å²) in [5.74, 6) is -2.30. The van der Waals surface area contributed by atoms with E-state index in [0.717, 1.165) is 54.8 Å². The van der Waals surface area contributed by atoms with Gasteiger partial charge in [-0.05, 0) is 51.9 Å². The lowest BCUT2D eigenvalue weighted by atomic mass is 9.92. The minimum atomic E-state index is -5.08. The van der Waals surface area contributed by atoms with Gasteiger partial charge in [0.1, 0.15) is 11.2 Å². The normalized spacial score (nSPS) is 15.2. The molecule has 1 aliphatic rings. The van der Waals surface area contributed by atoms with Crippen LogP contribution in [0.2, 0.25) is 0 Å². The number of rotatable bonds is 5. The molecule has 1 N–H and O–H groups in total. The zero-order valence-corrected chi connectivity index (χ0v) is 20.8. The molecular formula is C25H29F3N6O3. The zero-order valence-electron chi connectivity index (χ0n) is 20.8. The fourth-order valence-electron chi connectivity index (χ4n) is 4.44. The van der Waals surface area contributed by atoms with Crippen molar-refractivity contribution < 1.29 is 27.5 Å². The van der Waals surface area contributed by atoms with Crippen molar-refractivity contribution in [1.82, 2.24) is 29.2 Å². The van der Waals surface area contributed by atoms with Crippen LogP contribution >= 0.6 is 0 Å². The Kier molecular flexibility index (Phi) is 7.67. The molecule has 37 heavy (non-hydrogen) atoms. The summed E-state index contributed by atoms with van der Waals surface area (Å²) in [5.41, 5.74) is 6.50. The smallest absolute Gasteiger partial charge is 0.475 e. The molecule has 0 radical (unpaired) electrons. The number of likely N-dealkylation sites (tertiary alicyclic amines) is 1. The minimum Gasteiger partial charge on any atom is -0.475 e. The Morgan fingerprint density at radius 1 is 1.27 bits per heavy atom. The summed E-state index contributed by atoms with van der Waals surface area (Å²) in [5, 5.41) is 11.5. The maximum absolute atomic E-state index is 10.6. The Balaban J connectivity index is 0.000000405. The summed E-state index contributed by atoms with van der Waals surface area (Å²) in [6, 6.07) is 4.66. The van der Waals surface area contributed by atoms with Crippen LogP contribution in [0, 0.1) is 0 Å². The van der Waals surface area contributed by atoms with Crippen LogP contribution in [0.1, 0.15) is 49.9 Å². The Morgan fingerprint density at radius 2 is 1.97 bits per heavy atom. The van der Waals surface area contributed by atoms with E-state index in [2.05, 4.69) is 40.5 Å². The SMILES string of the molecule is CC(C)n1cnc2c(-c3cnn(C)c3)nc(C3CCN(Cc4ccoc4)CC3)cc21.O=C(O)C(F)(F)F. The van der Waals surface area contributed by atoms with E-state index in [1.54, 1.807) is 6.26 Å². The lowest BCUT2D eigenvalue weighted by Gasteiger charge is -2.31. The van der Waals surface area contributed by atoms with Crippen LogP contribution in [-0.2, 0) is 18.4 Å². The molecule has 0 aliphatic carbocycles. The molecule has 0 amide bonds. The van der Waals surface area contributed by atoms with Gasteiger partial charge in [0.05, 0.1) is 30.6 Å². The van der Waals surface area contributed by atoms with E-state index in [-0.39, 0.29) is 0 Å². The monoisotopic (exact) mass is 518 g/mol. The lowest BCUT2D eigenvalue weighted by molar-refractivity contribution is -0.192. The number of alkyl halides is 3. The number of fused-ring (bicyclic) bond motifs is 1. The predicted molar refractivity (Wildman–Crippen MR) is 130 cm³/mol. The van der Waals surface area contributed by atoms with Crippen molar-refractivity contribution in [3.63, 3.8) is 0 Å². The van der Waals surface area contributed by atoms with Gasteiger partial charge >= 0.3 is 12.1 Å². The Morgan fingerprint density at radius 3 is 2.51 bits per heavy atom. The molecule has 0 aromatic carbocycles. The highest BCUT2D eigenvalue weighted by molar-refractivity contribution is 5.90. The van der Waals surface area contributed by atoms with Crippen LogP contribution in [0.15, 0.2) is 47.8 Å². The Labute approximate surface area is 211 Å². The second-order valence-electron chi connectivity index (χ2n) is 9.40. The summed E-state index contributed by atoms with van der Waals surface area (Å²) in [4.78, 5) is 21.2. The number of aryl methyl sites for hydroxylation is 1. The number of pyridine rings is 1. The summed E-state index contributed by atoms with van der Waals surface area (Å²) < 4.78 is 41.0. The van der Waals surface area contributed by atoms with Gasteiger partial charge in [-0.25, -0.2) is 14.8 Å². The number of hydrogen-bond acceptors (Lipinski definition) is 6. The fraction of sp³-hybridized carbons (Fsp3) is 0.440. The summed E-state index contributed by atoms with van der Waals surface area (Å²) in [6.45, 7) is 7.48. The van der Waals surface area contributed by atoms with Crippen molar-refractivity contribution >= 4 is 17.0 Å². The van der Waals surface area contributed by atoms with Crippen molar-refractivity contribution in [2.24, 2.45) is 7.05 Å². The molecule has 0 bridgehead atoms. The first-order chi connectivity index (χ1) is 17.5. The summed E-state index contributed by atoms with van der Waals surface area (Å²) in [7, 11) is 1.94. The first-order valence-electron chi connectivity index (χ1n) is 11.9. The number of nitrogens with zero attached hydrogens (tertiary/aromatic N) is 6. The van der Waals surface area contributed by atoms with Crippen molar-refractivity contribution in [2.75, 3.05) is 13.1 Å². The van der Waals surface area contributed by atoms with Crippen molar-refractivity contribution in [3.05, 3.63) is 54.6 Å². The largest absolute Gasteiger partial charge is 0.490 e. The highest BCUT2D eigenvalue weighted by Gasteiger charge is 2.38. The standard InChI is InChI=1S/C23H28N6O.C2HF3O2/c1-16(2)29-15-24-23-21(29)10-20(26-22(23)19-11-25-27(3)13-19)18-4-7-28(8-5-18)12-17-6-9-30-14-17;3-2(4,5)1(6)7/h6,9-11,13-16,18H,4-5,7-8,12H2,1-3H3;(H,6,7). The molecule has 0 saturated carbocycles. The van der Waals surface area contributed by atoms with E-state index in [4.69, 9.17) is 24.3 Å². The molecule has 1 aliphatic heterocycles. The number of furan rings is 1. The topological polar surface area (TPSA) is 102 Å². The molecule has 9 nitrogen and oxygen atoms in total. The number of aliphatic carboxylic acids is 1. The van der Waals surface area contributed by atoms with Gasteiger partial charge < -0.3 is 14.1 Å². The van der Waals surface area contributed by atoms with E-state index in [1.165, 1.54) is 11.3 Å². The highest BCUT2D eigenvalue weighted by atomic mass is 19.4. The van der Waals surface area contributed by atoms with Gasteiger partial charge in [0.15, 0.2) is 0 Å². The maximum Gasteiger partial charge on any atom is 0.490 e. The molecule has 12 heteroatoms. The third-order valence-electron chi connectivity index (χ3n) is 6.35. The molecule has 5 rings (SSSR count). The van der Waals surface area contributed by atoms with E-state index in [0.29, 0.717) is 12.0 Å². The maximum atomic E-state index is 10.6. The van der Waals surface area contributed by atoms with Gasteiger partial charge in [0.2, 0.25) is 0 Å². The highest BCUT2D eigenvalue weighted by Crippen LogP contribution is 2.34. The number of imidazole rings is 1. The molecule has 0 unspecified atom stereocenters. The fourth-order valence-corrected chi connectivity index (χ4v) is 4.44. The minimum absolute atomic E-state index is 0.351. The van der Waals surface area contributed by atoms with E-state index in [9.17, 15) is 13.2 Å². The van der Waals surface area contributed by atoms with Crippen LogP contribution in [0.25, 0.3) is 22.3 Å². The van der Waals surface area contributed by atoms with Crippen LogP contribution in [0.5, 0.6) is 0 Å². The number of aromatic nitrogens is 5. The summed E-state index contributed by atoms with van der Waals surface area (Å²) >= 11 is 0. The van der Waals surface area contributed by atoms with E-state index in [1.807, 2.05) is 36.7 Å². The quantitative estimate of drug-likeness (QED) is 0.396. The number of carboxylic acid groups (broad SMARTS) is 1. The van der Waals surface area contributed by atoms with E-state index < -0.39 is 12.1 Å². The molecule has 0 atom stereocenters. The third-order valence-corrected chi connectivity index (χ3v) is 6.35. The van der Waals surface area contributed by atoms with E-state index >= 15 is 0 Å². The van der Waals surface area contributed by atoms with Crippen molar-refractivity contribution in [3.8, 4) is 11.3 Å². The number of piperidine rings is 1. The average molecular weight is 519 g/mol. The number of hydrogen-bond donors (Lipinski definition) is 1. The summed E-state index contributed by atoms with van der Waals surface area (Å²) in [6.07, 6.45) is 6.57. The third kappa shape index (κ3) is 6.19. The average Bonchev–Trinajstić information content (AvgIpc) is 3.60. The van der Waals surface area contributed by atoms with Gasteiger partial charge in [-0.15, -0.1) is 0 Å². The molecule has 198 valence electrons. The van der Waals surface area contributed by atoms with Crippen molar-refractivity contribution in [1.29, 1.82) is 0 Å². The molecule has 0 spiro atoms. The molecule has 4 aromatic heterocycles. The second-order valence-corrected chi connectivity index (χ2v) is 9.40. The van der Waals surface area contributed by atoms with Gasteiger partial charge in [0, 0.05) is 48.6 Å². The lowest BCUT2D eigenvalue weighted by Crippen LogP contribution is -2.32. The number of carbonyl (C=O) groups is 1. The van der Waals surface area contributed by atoms with Gasteiger partial charge in [-0.3, -0.25) is 9.58 Å². The van der Waals surface area contributed by atoms with Crippen LogP contribution in [-0.4, -0.2) is 59.6 Å². The Bertz CT molecular complexity index is 1340. The first kappa shape index (κ1) is 26.4. The van der Waals surface area contributed by atoms with Crippen LogP contribution in [0.4, 0.5) is 13.2 Å². The van der Waals surface area contributed by atoms with Crippen molar-refractivity contribution in [2.45, 2.75) is 51.4 Å². The van der Waals surface area contributed by atoms with Crippen LogP contribution < -0.4 is 0 Å².